The fourth-order valence-corrected chi connectivity index (χ4v) is 12.8. The van der Waals surface area contributed by atoms with E-state index in [1.807, 2.05) is 0 Å². The maximum Gasteiger partial charge on any atom is 0.472 e. The van der Waals surface area contributed by atoms with Crippen LogP contribution in [0.4, 0.5) is 0 Å². The number of ether oxygens (including phenoxy) is 4. The molecular formula is C74H144O17P2. The number of carbonyl (C=O) groups excluding carboxylic acids is 4. The number of rotatable bonds is 71. The lowest BCUT2D eigenvalue weighted by Crippen LogP contribution is -2.30. The topological polar surface area (TPSA) is 237 Å². The maximum atomic E-state index is 13.1. The minimum Gasteiger partial charge on any atom is -0.462 e. The van der Waals surface area contributed by atoms with Gasteiger partial charge in [-0.05, 0) is 49.4 Å². The van der Waals surface area contributed by atoms with Gasteiger partial charge < -0.3 is 33.8 Å². The van der Waals surface area contributed by atoms with Crippen LogP contribution in [0.3, 0.4) is 0 Å². The van der Waals surface area contributed by atoms with E-state index in [0.717, 1.165) is 108 Å². The Kier molecular flexibility index (Phi) is 62.2. The van der Waals surface area contributed by atoms with Crippen LogP contribution >= 0.6 is 15.6 Å². The molecule has 0 aromatic rings. The van der Waals surface area contributed by atoms with Crippen LogP contribution in [-0.2, 0) is 65.4 Å². The van der Waals surface area contributed by atoms with Crippen molar-refractivity contribution in [1.82, 2.24) is 0 Å². The van der Waals surface area contributed by atoms with E-state index in [1.54, 1.807) is 0 Å². The fraction of sp³-hybridized carbons (Fsp3) is 0.946. The zero-order valence-corrected chi connectivity index (χ0v) is 62.7. The highest BCUT2D eigenvalue weighted by atomic mass is 31.2. The zero-order chi connectivity index (χ0) is 68.9. The van der Waals surface area contributed by atoms with Crippen molar-refractivity contribution in [3.63, 3.8) is 0 Å². The second kappa shape index (κ2) is 63.5. The molecule has 0 bridgehead atoms. The van der Waals surface area contributed by atoms with Gasteiger partial charge in [0.2, 0.25) is 0 Å². The number of aliphatic hydroxyl groups is 1. The maximum absolute atomic E-state index is 13.1. The molecule has 0 heterocycles. The molecule has 0 aliphatic carbocycles. The molecule has 0 aliphatic rings. The van der Waals surface area contributed by atoms with E-state index in [4.69, 9.17) is 37.0 Å². The predicted molar refractivity (Wildman–Crippen MR) is 377 cm³/mol. The number of hydrogen-bond acceptors (Lipinski definition) is 15. The van der Waals surface area contributed by atoms with Crippen molar-refractivity contribution in [2.24, 2.45) is 23.7 Å². The van der Waals surface area contributed by atoms with Gasteiger partial charge in [-0.25, -0.2) is 9.13 Å². The molecule has 0 fully saturated rings. The van der Waals surface area contributed by atoms with E-state index < -0.39 is 97.5 Å². The normalized spacial score (nSPS) is 14.2. The molecule has 5 atom stereocenters. The third-order valence-corrected chi connectivity index (χ3v) is 19.0. The number of phosphoric ester groups is 2. The molecule has 0 radical (unpaired) electrons. The van der Waals surface area contributed by atoms with Crippen LogP contribution in [0.1, 0.15) is 370 Å². The highest BCUT2D eigenvalue weighted by Gasteiger charge is 2.30. The molecule has 0 saturated heterocycles. The molecule has 0 amide bonds. The van der Waals surface area contributed by atoms with Gasteiger partial charge in [0.25, 0.3) is 0 Å². The Labute approximate surface area is 568 Å². The van der Waals surface area contributed by atoms with Crippen LogP contribution in [0.15, 0.2) is 0 Å². The molecule has 0 aromatic carbocycles. The lowest BCUT2D eigenvalue weighted by molar-refractivity contribution is -0.161. The van der Waals surface area contributed by atoms with Gasteiger partial charge in [0.05, 0.1) is 26.4 Å². The predicted octanol–water partition coefficient (Wildman–Crippen LogP) is 21.3. The van der Waals surface area contributed by atoms with Crippen LogP contribution < -0.4 is 0 Å². The van der Waals surface area contributed by atoms with Gasteiger partial charge in [-0.1, -0.05) is 319 Å². The molecule has 0 saturated carbocycles. The Morgan fingerprint density at radius 2 is 0.452 bits per heavy atom. The molecule has 93 heavy (non-hydrogen) atoms. The van der Waals surface area contributed by atoms with E-state index >= 15 is 0 Å². The van der Waals surface area contributed by atoms with Gasteiger partial charge in [0.1, 0.15) is 19.3 Å². The zero-order valence-electron chi connectivity index (χ0n) is 60.9. The monoisotopic (exact) mass is 1370 g/mol. The summed E-state index contributed by atoms with van der Waals surface area (Å²) in [5, 5.41) is 10.6. The first kappa shape index (κ1) is 91.1. The van der Waals surface area contributed by atoms with Crippen LogP contribution in [0.25, 0.3) is 0 Å². The van der Waals surface area contributed by atoms with Crippen LogP contribution in [0.2, 0.25) is 0 Å². The van der Waals surface area contributed by atoms with Gasteiger partial charge in [-0.2, -0.15) is 0 Å². The Balaban J connectivity index is 5.21. The largest absolute Gasteiger partial charge is 0.472 e. The third kappa shape index (κ3) is 68.4. The second-order valence-corrected chi connectivity index (χ2v) is 31.5. The smallest absolute Gasteiger partial charge is 0.462 e. The molecular weight excluding hydrogens is 1220 g/mol. The summed E-state index contributed by atoms with van der Waals surface area (Å²) in [4.78, 5) is 72.6. The molecule has 3 unspecified atom stereocenters. The molecule has 0 rings (SSSR count). The molecule has 17 nitrogen and oxygen atoms in total. The molecule has 552 valence electrons. The quantitative estimate of drug-likeness (QED) is 0.0222. The summed E-state index contributed by atoms with van der Waals surface area (Å²) in [6.45, 7) is 14.1. The van der Waals surface area contributed by atoms with Gasteiger partial charge >= 0.3 is 39.5 Å². The van der Waals surface area contributed by atoms with Crippen molar-refractivity contribution in [3.05, 3.63) is 0 Å². The SMILES string of the molecule is CC(C)CCCCCCCCCCCCCCCCCC(=O)OC[C@H](COP(=O)(O)OCC(O)COP(=O)(O)OC[C@@H](COC(=O)CCCCCCCCCC(C)C)OC(=O)CCCCCCCCC(C)C)OC(=O)CCCCCCCCCCCCCCCC(C)C. The number of carbonyl (C=O) groups is 4. The highest BCUT2D eigenvalue weighted by Crippen LogP contribution is 2.45. The first-order chi connectivity index (χ1) is 44.6. The number of phosphoric acid groups is 2. The summed E-state index contributed by atoms with van der Waals surface area (Å²) in [6.07, 6.45) is 47.5. The van der Waals surface area contributed by atoms with E-state index in [9.17, 15) is 43.2 Å². The first-order valence-electron chi connectivity index (χ1n) is 38.2. The lowest BCUT2D eigenvalue weighted by Gasteiger charge is -2.21. The van der Waals surface area contributed by atoms with E-state index in [2.05, 4.69) is 55.4 Å². The molecule has 0 aromatic heterocycles. The van der Waals surface area contributed by atoms with Crippen molar-refractivity contribution >= 4 is 39.5 Å². The van der Waals surface area contributed by atoms with Crippen LogP contribution in [-0.4, -0.2) is 96.7 Å². The van der Waals surface area contributed by atoms with Crippen molar-refractivity contribution in [3.8, 4) is 0 Å². The van der Waals surface area contributed by atoms with Crippen LogP contribution in [0, 0.1) is 23.7 Å². The van der Waals surface area contributed by atoms with Crippen LogP contribution in [0.5, 0.6) is 0 Å². The molecule has 19 heteroatoms. The third-order valence-electron chi connectivity index (χ3n) is 17.1. The van der Waals surface area contributed by atoms with Crippen molar-refractivity contribution in [2.45, 2.75) is 388 Å². The van der Waals surface area contributed by atoms with Crippen molar-refractivity contribution in [2.75, 3.05) is 39.6 Å². The fourth-order valence-electron chi connectivity index (χ4n) is 11.2. The number of aliphatic hydroxyl groups excluding tert-OH is 1. The Hall–Kier alpha value is -1.94. The number of esters is 4. The summed E-state index contributed by atoms with van der Waals surface area (Å²) < 4.78 is 68.4. The Bertz CT molecular complexity index is 1830. The number of hydrogen-bond donors (Lipinski definition) is 3. The summed E-state index contributed by atoms with van der Waals surface area (Å²) >= 11 is 0. The molecule has 3 N–H and O–H groups in total. The Morgan fingerprint density at radius 1 is 0.269 bits per heavy atom. The molecule has 0 spiro atoms. The minimum absolute atomic E-state index is 0.101. The highest BCUT2D eigenvalue weighted by molar-refractivity contribution is 7.47. The average Bonchev–Trinajstić information content (AvgIpc) is 2.38. The average molecular weight is 1370 g/mol. The number of unbranched alkanes of at least 4 members (excludes halogenated alkanes) is 37. The first-order valence-corrected chi connectivity index (χ1v) is 41.2. The van der Waals surface area contributed by atoms with E-state index in [1.165, 1.54) is 167 Å². The van der Waals surface area contributed by atoms with Gasteiger partial charge in [-0.15, -0.1) is 0 Å². The minimum atomic E-state index is -4.96. The van der Waals surface area contributed by atoms with Gasteiger partial charge in [-0.3, -0.25) is 37.3 Å². The van der Waals surface area contributed by atoms with Gasteiger partial charge in [0, 0.05) is 25.7 Å². The summed E-state index contributed by atoms with van der Waals surface area (Å²) in [7, 11) is -9.91. The summed E-state index contributed by atoms with van der Waals surface area (Å²) in [5.41, 5.74) is 0. The van der Waals surface area contributed by atoms with Gasteiger partial charge in [0.15, 0.2) is 12.2 Å². The summed E-state index contributed by atoms with van der Waals surface area (Å²) in [5.74, 6) is 0.839. The van der Waals surface area contributed by atoms with E-state index in [-0.39, 0.29) is 25.7 Å². The molecule has 0 aliphatic heterocycles. The summed E-state index contributed by atoms with van der Waals surface area (Å²) in [6, 6.07) is 0. The van der Waals surface area contributed by atoms with Crippen molar-refractivity contribution < 1.29 is 80.2 Å². The standard InChI is InChI=1S/C74H144O17P2/c1-64(2)50-42-34-26-21-17-13-10-9-11-15-19-23-29-38-46-54-71(76)84-60-69(90-73(78)56-48-40-30-24-20-16-12-14-18-22-27-35-43-51-65(3)4)62-88-92(80,81)86-58-68(75)59-87-93(82,83)89-63-70(91-74(79)57-49-41-33-32-37-45-53-67(7)8)61-85-72(77)55-47-39-31-25-28-36-44-52-66(5)6/h64-70,75H,9-63H2,1-8H3,(H,80,81)(H,82,83)/t68?,69-,70-/m1/s1. The Morgan fingerprint density at radius 3 is 0.667 bits per heavy atom. The lowest BCUT2D eigenvalue weighted by atomic mass is 10.0. The van der Waals surface area contributed by atoms with Crippen molar-refractivity contribution in [1.29, 1.82) is 0 Å². The second-order valence-electron chi connectivity index (χ2n) is 28.6. The van der Waals surface area contributed by atoms with E-state index in [0.29, 0.717) is 37.5 Å².